The van der Waals surface area contributed by atoms with Gasteiger partial charge in [0.25, 0.3) is 0 Å². The van der Waals surface area contributed by atoms with E-state index < -0.39 is 6.67 Å². The van der Waals surface area contributed by atoms with Crippen LogP contribution in [-0.4, -0.2) is 9.55 Å². The number of rotatable bonds is 1. The van der Waals surface area contributed by atoms with E-state index in [0.717, 1.165) is 15.5 Å². The van der Waals surface area contributed by atoms with Gasteiger partial charge in [0.15, 0.2) is 0 Å². The number of benzene rings is 1. The molecule has 0 spiro atoms. The lowest BCUT2D eigenvalue weighted by Gasteiger charge is -1.96. The molecule has 0 saturated carbocycles. The van der Waals surface area contributed by atoms with Gasteiger partial charge in [0, 0.05) is 11.5 Å². The van der Waals surface area contributed by atoms with Gasteiger partial charge in [-0.05, 0) is 18.2 Å². The molecule has 0 aliphatic carbocycles. The summed E-state index contributed by atoms with van der Waals surface area (Å²) in [7, 11) is 1.82. The molecule has 0 saturated heterocycles. The third-order valence-electron chi connectivity index (χ3n) is 2.06. The number of alkyl halides is 1. The van der Waals surface area contributed by atoms with Gasteiger partial charge in [-0.15, -0.1) is 0 Å². The van der Waals surface area contributed by atoms with Crippen molar-refractivity contribution in [3.8, 4) is 0 Å². The van der Waals surface area contributed by atoms with E-state index in [0.29, 0.717) is 5.82 Å². The maximum Gasteiger partial charge on any atom is 0.147 e. The summed E-state index contributed by atoms with van der Waals surface area (Å²) in [5, 5.41) is 0. The number of aryl methyl sites for hydroxylation is 1. The highest BCUT2D eigenvalue weighted by Crippen LogP contribution is 2.20. The fraction of sp³-hybridized carbons (Fsp3) is 0.222. The van der Waals surface area contributed by atoms with Gasteiger partial charge in [0.2, 0.25) is 0 Å². The molecule has 0 aliphatic heterocycles. The number of aromatic nitrogens is 2. The van der Waals surface area contributed by atoms with Gasteiger partial charge in [0.05, 0.1) is 11.0 Å². The third kappa shape index (κ3) is 1.35. The Bertz CT molecular complexity index is 450. The molecule has 0 atom stereocenters. The molecule has 1 aromatic carbocycles. The van der Waals surface area contributed by atoms with Crippen molar-refractivity contribution >= 4 is 27.0 Å². The van der Waals surface area contributed by atoms with Crippen LogP contribution in [0.4, 0.5) is 4.39 Å². The minimum atomic E-state index is -0.525. The van der Waals surface area contributed by atoms with Gasteiger partial charge >= 0.3 is 0 Å². The maximum atomic E-state index is 12.4. The molecule has 0 aliphatic rings. The predicted octanol–water partition coefficient (Wildman–Crippen LogP) is 2.81. The zero-order chi connectivity index (χ0) is 9.42. The van der Waals surface area contributed by atoms with Crippen molar-refractivity contribution in [2.45, 2.75) is 6.67 Å². The number of nitrogens with zero attached hydrogens (tertiary/aromatic N) is 2. The molecule has 68 valence electrons. The number of hydrogen-bond acceptors (Lipinski definition) is 1. The van der Waals surface area contributed by atoms with E-state index in [1.807, 2.05) is 25.2 Å². The normalized spacial score (nSPS) is 11.0. The molecule has 0 unspecified atom stereocenters. The highest BCUT2D eigenvalue weighted by molar-refractivity contribution is 9.10. The second kappa shape index (κ2) is 3.10. The lowest BCUT2D eigenvalue weighted by atomic mass is 10.3. The molecule has 1 heterocycles. The lowest BCUT2D eigenvalue weighted by Crippen LogP contribution is -1.93. The van der Waals surface area contributed by atoms with Gasteiger partial charge in [-0.1, -0.05) is 15.9 Å². The van der Waals surface area contributed by atoms with E-state index in [4.69, 9.17) is 0 Å². The summed E-state index contributed by atoms with van der Waals surface area (Å²) >= 11 is 3.36. The number of halogens is 2. The van der Waals surface area contributed by atoms with Crippen LogP contribution in [-0.2, 0) is 13.7 Å². The average molecular weight is 243 g/mol. The van der Waals surface area contributed by atoms with Crippen molar-refractivity contribution in [3.63, 3.8) is 0 Å². The van der Waals surface area contributed by atoms with E-state index in [1.165, 1.54) is 0 Å². The van der Waals surface area contributed by atoms with Gasteiger partial charge in [0.1, 0.15) is 12.5 Å². The van der Waals surface area contributed by atoms with Gasteiger partial charge in [-0.2, -0.15) is 0 Å². The summed E-state index contributed by atoms with van der Waals surface area (Å²) in [4.78, 5) is 4.14. The monoisotopic (exact) mass is 242 g/mol. The molecule has 13 heavy (non-hydrogen) atoms. The summed E-state index contributed by atoms with van der Waals surface area (Å²) in [6, 6.07) is 5.71. The largest absolute Gasteiger partial charge is 0.329 e. The SMILES string of the molecule is Cn1c(CF)nc2ccc(Br)cc21. The summed E-state index contributed by atoms with van der Waals surface area (Å²) in [5.74, 6) is 0.466. The fourth-order valence-corrected chi connectivity index (χ4v) is 1.68. The highest BCUT2D eigenvalue weighted by Gasteiger charge is 2.06. The number of hydrogen-bond donors (Lipinski definition) is 0. The van der Waals surface area contributed by atoms with E-state index in [1.54, 1.807) is 4.57 Å². The Labute approximate surface area is 83.5 Å². The van der Waals surface area contributed by atoms with Gasteiger partial charge < -0.3 is 4.57 Å². The maximum absolute atomic E-state index is 12.4. The quantitative estimate of drug-likeness (QED) is 0.752. The first-order chi connectivity index (χ1) is 6.22. The zero-order valence-electron chi connectivity index (χ0n) is 7.09. The standard InChI is InChI=1S/C9H8BrFN2/c1-13-8-4-6(10)2-3-7(8)12-9(13)5-11/h2-4H,5H2,1H3. The smallest absolute Gasteiger partial charge is 0.147 e. The summed E-state index contributed by atoms with van der Waals surface area (Å²) in [6.45, 7) is -0.525. The van der Waals surface area contributed by atoms with E-state index >= 15 is 0 Å². The summed E-state index contributed by atoms with van der Waals surface area (Å²) < 4.78 is 15.2. The van der Waals surface area contributed by atoms with Crippen LogP contribution in [0.25, 0.3) is 11.0 Å². The Balaban J connectivity index is 2.77. The third-order valence-corrected chi connectivity index (χ3v) is 2.55. The Kier molecular flexibility index (Phi) is 2.07. The van der Waals surface area contributed by atoms with Crippen LogP contribution in [0.2, 0.25) is 0 Å². The Hall–Kier alpha value is -0.900. The van der Waals surface area contributed by atoms with Crippen molar-refractivity contribution in [1.82, 2.24) is 9.55 Å². The molecule has 2 nitrogen and oxygen atoms in total. The number of fused-ring (bicyclic) bond motifs is 1. The van der Waals surface area contributed by atoms with Crippen LogP contribution in [0.1, 0.15) is 5.82 Å². The second-order valence-electron chi connectivity index (χ2n) is 2.85. The molecule has 0 fully saturated rings. The number of imidazole rings is 1. The van der Waals surface area contributed by atoms with Crippen LogP contribution in [0, 0.1) is 0 Å². The second-order valence-corrected chi connectivity index (χ2v) is 3.77. The molecule has 4 heteroatoms. The molecular weight excluding hydrogens is 235 g/mol. The van der Waals surface area contributed by atoms with Crippen LogP contribution >= 0.6 is 15.9 Å². The lowest BCUT2D eigenvalue weighted by molar-refractivity contribution is 0.457. The van der Waals surface area contributed by atoms with Crippen LogP contribution < -0.4 is 0 Å². The predicted molar refractivity (Wildman–Crippen MR) is 53.2 cm³/mol. The molecule has 0 bridgehead atoms. The molecular formula is C9H8BrFN2. The Morgan fingerprint density at radius 1 is 1.54 bits per heavy atom. The first-order valence-electron chi connectivity index (χ1n) is 3.89. The van der Waals surface area contributed by atoms with Crippen LogP contribution in [0.15, 0.2) is 22.7 Å². The molecule has 2 rings (SSSR count). The van der Waals surface area contributed by atoms with E-state index in [9.17, 15) is 4.39 Å². The van der Waals surface area contributed by atoms with Crippen molar-refractivity contribution in [3.05, 3.63) is 28.5 Å². The van der Waals surface area contributed by atoms with E-state index in [2.05, 4.69) is 20.9 Å². The molecule has 0 N–H and O–H groups in total. The first-order valence-corrected chi connectivity index (χ1v) is 4.68. The molecule has 1 aromatic heterocycles. The Morgan fingerprint density at radius 3 is 3.00 bits per heavy atom. The first kappa shape index (κ1) is 8.69. The minimum absolute atomic E-state index is 0.466. The topological polar surface area (TPSA) is 17.8 Å². The van der Waals surface area contributed by atoms with Gasteiger partial charge in [-0.3, -0.25) is 0 Å². The molecule has 2 aromatic rings. The fourth-order valence-electron chi connectivity index (χ4n) is 1.33. The van der Waals surface area contributed by atoms with Gasteiger partial charge in [-0.25, -0.2) is 9.37 Å². The molecule has 0 radical (unpaired) electrons. The van der Waals surface area contributed by atoms with E-state index in [-0.39, 0.29) is 0 Å². The van der Waals surface area contributed by atoms with Crippen LogP contribution in [0.3, 0.4) is 0 Å². The minimum Gasteiger partial charge on any atom is -0.329 e. The van der Waals surface area contributed by atoms with Crippen molar-refractivity contribution in [1.29, 1.82) is 0 Å². The average Bonchev–Trinajstić information content (AvgIpc) is 2.44. The van der Waals surface area contributed by atoms with Crippen molar-refractivity contribution < 1.29 is 4.39 Å². The summed E-state index contributed by atoms with van der Waals surface area (Å²) in [6.07, 6.45) is 0. The summed E-state index contributed by atoms with van der Waals surface area (Å²) in [5.41, 5.74) is 1.78. The van der Waals surface area contributed by atoms with Crippen molar-refractivity contribution in [2.24, 2.45) is 7.05 Å². The molecule has 0 amide bonds. The highest BCUT2D eigenvalue weighted by atomic mass is 79.9. The van der Waals surface area contributed by atoms with Crippen molar-refractivity contribution in [2.75, 3.05) is 0 Å². The Morgan fingerprint density at radius 2 is 2.31 bits per heavy atom. The van der Waals surface area contributed by atoms with Crippen LogP contribution in [0.5, 0.6) is 0 Å². The zero-order valence-corrected chi connectivity index (χ0v) is 8.68.